The summed E-state index contributed by atoms with van der Waals surface area (Å²) in [6.07, 6.45) is 5.40. The predicted octanol–water partition coefficient (Wildman–Crippen LogP) is 2.23. The van der Waals surface area contributed by atoms with E-state index in [1.807, 2.05) is 23.0 Å². The molecule has 1 heterocycles. The largest absolute Gasteiger partial charge is 0.316 e. The molecule has 0 aromatic carbocycles. The maximum Gasteiger partial charge on any atom is 0.109 e. The number of likely N-dealkylation sites (tertiary alicyclic amines) is 1. The number of piperidine rings is 1. The maximum atomic E-state index is 4.98. The minimum Gasteiger partial charge on any atom is -0.316 e. The first kappa shape index (κ1) is 9.74. The third kappa shape index (κ3) is 4.28. The highest BCUT2D eigenvalue weighted by Crippen LogP contribution is 2.08. The Morgan fingerprint density at radius 3 is 2.55 bits per heavy atom. The van der Waals surface area contributed by atoms with Gasteiger partial charge < -0.3 is 7.97 Å². The lowest BCUT2D eigenvalue weighted by atomic mass is 10.1. The minimum atomic E-state index is 0.900. The minimum absolute atomic E-state index is 0.900. The van der Waals surface area contributed by atoms with Crippen LogP contribution in [0, 0.1) is 0 Å². The zero-order valence-corrected chi connectivity index (χ0v) is 9.05. The number of hydrogen-bond donors (Lipinski definition) is 0. The normalized spacial score (nSPS) is 20.5. The Morgan fingerprint density at radius 1 is 1.18 bits per heavy atom. The second kappa shape index (κ2) is 6.20. The molecule has 0 unspecified atom stereocenters. The van der Waals surface area contributed by atoms with Crippen LogP contribution in [0.15, 0.2) is 0 Å². The SMILES string of the molecule is IOCCCN1CCCCC1. The van der Waals surface area contributed by atoms with E-state index in [2.05, 4.69) is 4.90 Å². The second-order valence-corrected chi connectivity index (χ2v) is 3.69. The lowest BCUT2D eigenvalue weighted by Crippen LogP contribution is -2.30. The molecule has 0 spiro atoms. The molecule has 2 nitrogen and oxygen atoms in total. The van der Waals surface area contributed by atoms with E-state index in [0.717, 1.165) is 6.61 Å². The second-order valence-electron chi connectivity index (χ2n) is 3.07. The highest BCUT2D eigenvalue weighted by Gasteiger charge is 2.08. The number of halogens is 1. The van der Waals surface area contributed by atoms with Gasteiger partial charge in [-0.25, -0.2) is 0 Å². The van der Waals surface area contributed by atoms with Crippen molar-refractivity contribution in [2.45, 2.75) is 25.7 Å². The fourth-order valence-electron chi connectivity index (χ4n) is 1.53. The van der Waals surface area contributed by atoms with Gasteiger partial charge >= 0.3 is 0 Å². The summed E-state index contributed by atoms with van der Waals surface area (Å²) in [5.74, 6) is 0. The quantitative estimate of drug-likeness (QED) is 0.573. The molecule has 0 bridgehead atoms. The van der Waals surface area contributed by atoms with Crippen LogP contribution < -0.4 is 0 Å². The Morgan fingerprint density at radius 2 is 1.91 bits per heavy atom. The summed E-state index contributed by atoms with van der Waals surface area (Å²) in [4.78, 5) is 2.54. The van der Waals surface area contributed by atoms with Crippen molar-refractivity contribution in [3.8, 4) is 0 Å². The Kier molecular flexibility index (Phi) is 5.49. The standard InChI is InChI=1S/C8H16INO/c9-11-8-4-7-10-5-2-1-3-6-10/h1-8H2. The number of rotatable bonds is 4. The predicted molar refractivity (Wildman–Crippen MR) is 54.9 cm³/mol. The van der Waals surface area contributed by atoms with Crippen molar-refractivity contribution in [2.24, 2.45) is 0 Å². The van der Waals surface area contributed by atoms with Gasteiger partial charge in [-0.2, -0.15) is 0 Å². The van der Waals surface area contributed by atoms with E-state index in [1.165, 1.54) is 45.3 Å². The monoisotopic (exact) mass is 269 g/mol. The first-order valence-electron chi connectivity index (χ1n) is 4.39. The van der Waals surface area contributed by atoms with Crippen molar-refractivity contribution >= 4 is 23.0 Å². The molecule has 1 aliphatic heterocycles. The van der Waals surface area contributed by atoms with E-state index < -0.39 is 0 Å². The summed E-state index contributed by atoms with van der Waals surface area (Å²) in [5, 5.41) is 0. The van der Waals surface area contributed by atoms with Crippen molar-refractivity contribution in [2.75, 3.05) is 26.2 Å². The van der Waals surface area contributed by atoms with Gasteiger partial charge in [0.1, 0.15) is 23.0 Å². The van der Waals surface area contributed by atoms with Crippen LogP contribution in [0.5, 0.6) is 0 Å². The fraction of sp³-hybridized carbons (Fsp3) is 1.00. The molecule has 1 aliphatic rings. The molecular formula is C8H16INO. The molecule has 0 saturated carbocycles. The lowest BCUT2D eigenvalue weighted by molar-refractivity contribution is 0.215. The van der Waals surface area contributed by atoms with Gasteiger partial charge in [-0.15, -0.1) is 0 Å². The molecule has 0 aromatic rings. The van der Waals surface area contributed by atoms with E-state index in [-0.39, 0.29) is 0 Å². The third-order valence-electron chi connectivity index (χ3n) is 2.14. The Bertz CT molecular complexity index is 94.1. The highest BCUT2D eigenvalue weighted by atomic mass is 127. The smallest absolute Gasteiger partial charge is 0.109 e. The highest BCUT2D eigenvalue weighted by molar-refractivity contribution is 14.1. The summed E-state index contributed by atoms with van der Waals surface area (Å²) < 4.78 is 4.98. The zero-order valence-electron chi connectivity index (χ0n) is 6.89. The summed E-state index contributed by atoms with van der Waals surface area (Å²) in [7, 11) is 0. The molecule has 66 valence electrons. The molecule has 0 N–H and O–H groups in total. The van der Waals surface area contributed by atoms with Crippen LogP contribution in [-0.4, -0.2) is 31.1 Å². The fourth-order valence-corrected chi connectivity index (χ4v) is 1.84. The van der Waals surface area contributed by atoms with Crippen molar-refractivity contribution in [3.05, 3.63) is 0 Å². The van der Waals surface area contributed by atoms with Gasteiger partial charge in [0.05, 0.1) is 6.61 Å². The van der Waals surface area contributed by atoms with Crippen molar-refractivity contribution in [1.29, 1.82) is 0 Å². The Hall–Kier alpha value is 0.650. The molecule has 1 saturated heterocycles. The number of nitrogens with zero attached hydrogens (tertiary/aromatic N) is 1. The lowest BCUT2D eigenvalue weighted by Gasteiger charge is -2.25. The molecule has 0 atom stereocenters. The van der Waals surface area contributed by atoms with Crippen LogP contribution in [-0.2, 0) is 3.07 Å². The Balaban J connectivity index is 1.96. The molecule has 3 heteroatoms. The summed E-state index contributed by atoms with van der Waals surface area (Å²) in [5.41, 5.74) is 0. The van der Waals surface area contributed by atoms with E-state index in [0.29, 0.717) is 0 Å². The average molecular weight is 269 g/mol. The average Bonchev–Trinajstić information content (AvgIpc) is 2.07. The maximum absolute atomic E-state index is 4.98. The first-order chi connectivity index (χ1) is 5.43. The molecule has 0 amide bonds. The van der Waals surface area contributed by atoms with Crippen LogP contribution in [0.25, 0.3) is 0 Å². The van der Waals surface area contributed by atoms with Crippen LogP contribution in [0.3, 0.4) is 0 Å². The van der Waals surface area contributed by atoms with Gasteiger partial charge in [0.25, 0.3) is 0 Å². The van der Waals surface area contributed by atoms with Crippen LogP contribution >= 0.6 is 23.0 Å². The molecule has 0 radical (unpaired) electrons. The summed E-state index contributed by atoms with van der Waals surface area (Å²) in [6, 6.07) is 0. The van der Waals surface area contributed by atoms with E-state index >= 15 is 0 Å². The molecule has 0 aliphatic carbocycles. The molecule has 11 heavy (non-hydrogen) atoms. The van der Waals surface area contributed by atoms with Gasteiger partial charge in [-0.3, -0.25) is 0 Å². The zero-order chi connectivity index (χ0) is 7.94. The topological polar surface area (TPSA) is 12.5 Å². The Labute approximate surface area is 83.0 Å². The number of hydrogen-bond acceptors (Lipinski definition) is 2. The van der Waals surface area contributed by atoms with Gasteiger partial charge in [-0.1, -0.05) is 6.42 Å². The van der Waals surface area contributed by atoms with Gasteiger partial charge in [0.2, 0.25) is 0 Å². The van der Waals surface area contributed by atoms with Gasteiger partial charge in [0, 0.05) is 6.54 Å². The molecule has 1 rings (SSSR count). The molecular weight excluding hydrogens is 253 g/mol. The molecule has 0 aromatic heterocycles. The van der Waals surface area contributed by atoms with E-state index in [4.69, 9.17) is 3.07 Å². The van der Waals surface area contributed by atoms with Gasteiger partial charge in [0.15, 0.2) is 0 Å². The van der Waals surface area contributed by atoms with Gasteiger partial charge in [-0.05, 0) is 32.4 Å². The van der Waals surface area contributed by atoms with Crippen molar-refractivity contribution < 1.29 is 3.07 Å². The summed E-state index contributed by atoms with van der Waals surface area (Å²) >= 11 is 1.96. The van der Waals surface area contributed by atoms with Crippen LogP contribution in [0.1, 0.15) is 25.7 Å². The van der Waals surface area contributed by atoms with Crippen LogP contribution in [0.2, 0.25) is 0 Å². The first-order valence-corrected chi connectivity index (χ1v) is 5.27. The van der Waals surface area contributed by atoms with Crippen molar-refractivity contribution in [1.82, 2.24) is 4.90 Å². The third-order valence-corrected chi connectivity index (χ3v) is 2.58. The van der Waals surface area contributed by atoms with Crippen LogP contribution in [0.4, 0.5) is 0 Å². The van der Waals surface area contributed by atoms with E-state index in [1.54, 1.807) is 0 Å². The summed E-state index contributed by atoms with van der Waals surface area (Å²) in [6.45, 7) is 4.74. The molecule has 1 fully saturated rings. The van der Waals surface area contributed by atoms with Crippen molar-refractivity contribution in [3.63, 3.8) is 0 Å². The van der Waals surface area contributed by atoms with E-state index in [9.17, 15) is 0 Å².